The summed E-state index contributed by atoms with van der Waals surface area (Å²) in [6, 6.07) is 1.97. The standard InChI is InChI=1S/C20H26BrN5O3/c1-14-12-25(19(27)29-20(2,3)4)7-8-26(14)18-23-9-16(10-24-18)28-13-15-5-6-22-11-17(15)21/h5-6,9-11,14H,7-8,12-13H2,1-4H3. The van der Waals surface area contributed by atoms with Crippen molar-refractivity contribution in [2.24, 2.45) is 0 Å². The minimum absolute atomic E-state index is 0.0795. The molecule has 1 fully saturated rings. The van der Waals surface area contributed by atoms with Gasteiger partial charge in [0.05, 0.1) is 12.4 Å². The molecular formula is C20H26BrN5O3. The van der Waals surface area contributed by atoms with Crippen molar-refractivity contribution >= 4 is 28.0 Å². The van der Waals surface area contributed by atoms with Crippen LogP contribution in [0.1, 0.15) is 33.3 Å². The van der Waals surface area contributed by atoms with Crippen LogP contribution >= 0.6 is 15.9 Å². The summed E-state index contributed by atoms with van der Waals surface area (Å²) in [6.45, 7) is 9.83. The molecule has 2 aromatic rings. The second-order valence-electron chi connectivity index (χ2n) is 7.94. The van der Waals surface area contributed by atoms with Crippen LogP contribution in [0, 0.1) is 0 Å². The Morgan fingerprint density at radius 1 is 1.24 bits per heavy atom. The van der Waals surface area contributed by atoms with Crippen LogP contribution in [0.4, 0.5) is 10.7 Å². The Balaban J connectivity index is 1.56. The van der Waals surface area contributed by atoms with Crippen molar-refractivity contribution in [2.45, 2.75) is 45.9 Å². The normalized spacial score (nSPS) is 17.2. The van der Waals surface area contributed by atoms with Crippen molar-refractivity contribution in [2.75, 3.05) is 24.5 Å². The zero-order valence-corrected chi connectivity index (χ0v) is 18.7. The van der Waals surface area contributed by atoms with Gasteiger partial charge in [0.1, 0.15) is 12.2 Å². The van der Waals surface area contributed by atoms with E-state index in [0.29, 0.717) is 37.9 Å². The first-order valence-electron chi connectivity index (χ1n) is 9.51. The molecule has 2 aromatic heterocycles. The van der Waals surface area contributed by atoms with Gasteiger partial charge >= 0.3 is 6.09 Å². The number of carbonyl (C=O) groups is 1. The van der Waals surface area contributed by atoms with Gasteiger partial charge in [-0.3, -0.25) is 4.98 Å². The maximum Gasteiger partial charge on any atom is 0.410 e. The molecule has 0 aliphatic carbocycles. The zero-order valence-electron chi connectivity index (χ0n) is 17.1. The van der Waals surface area contributed by atoms with Crippen LogP contribution in [0.5, 0.6) is 5.75 Å². The Morgan fingerprint density at radius 2 is 1.97 bits per heavy atom. The van der Waals surface area contributed by atoms with E-state index >= 15 is 0 Å². The molecule has 1 aliphatic heterocycles. The summed E-state index contributed by atoms with van der Waals surface area (Å²) in [4.78, 5) is 29.0. The molecule has 1 atom stereocenters. The summed E-state index contributed by atoms with van der Waals surface area (Å²) in [6.07, 6.45) is 6.52. The van der Waals surface area contributed by atoms with Crippen molar-refractivity contribution in [3.05, 3.63) is 40.9 Å². The average Bonchev–Trinajstić information content (AvgIpc) is 2.66. The summed E-state index contributed by atoms with van der Waals surface area (Å²) < 4.78 is 12.1. The van der Waals surface area contributed by atoms with Gasteiger partial charge in [0.2, 0.25) is 5.95 Å². The highest BCUT2D eigenvalue weighted by Crippen LogP contribution is 2.21. The lowest BCUT2D eigenvalue weighted by molar-refractivity contribution is 0.0218. The third kappa shape index (κ3) is 5.79. The second-order valence-corrected chi connectivity index (χ2v) is 8.80. The fourth-order valence-electron chi connectivity index (χ4n) is 2.96. The molecule has 0 N–H and O–H groups in total. The van der Waals surface area contributed by atoms with Crippen LogP contribution in [-0.4, -0.2) is 57.2 Å². The highest BCUT2D eigenvalue weighted by Gasteiger charge is 2.30. The molecule has 156 valence electrons. The number of piperazine rings is 1. The fraction of sp³-hybridized carbons (Fsp3) is 0.500. The van der Waals surface area contributed by atoms with Gasteiger partial charge in [-0.2, -0.15) is 0 Å². The molecule has 8 nitrogen and oxygen atoms in total. The van der Waals surface area contributed by atoms with E-state index in [4.69, 9.17) is 9.47 Å². The third-order valence-corrected chi connectivity index (χ3v) is 5.12. The van der Waals surface area contributed by atoms with E-state index in [0.717, 1.165) is 10.0 Å². The molecule has 0 spiro atoms. The molecule has 9 heteroatoms. The Bertz CT molecular complexity index is 841. The Labute approximate surface area is 179 Å². The minimum Gasteiger partial charge on any atom is -0.486 e. The third-order valence-electron chi connectivity index (χ3n) is 4.40. The summed E-state index contributed by atoms with van der Waals surface area (Å²) in [5.74, 6) is 1.22. The lowest BCUT2D eigenvalue weighted by Crippen LogP contribution is -2.55. The van der Waals surface area contributed by atoms with Crippen LogP contribution in [0.2, 0.25) is 0 Å². The molecule has 0 bridgehead atoms. The number of amides is 1. The molecular weight excluding hydrogens is 438 g/mol. The van der Waals surface area contributed by atoms with E-state index in [2.05, 4.69) is 35.8 Å². The number of pyridine rings is 1. The monoisotopic (exact) mass is 463 g/mol. The van der Waals surface area contributed by atoms with Crippen molar-refractivity contribution < 1.29 is 14.3 Å². The SMILES string of the molecule is CC1CN(C(=O)OC(C)(C)C)CCN1c1ncc(OCc2ccncc2Br)cn1. The Hall–Kier alpha value is -2.42. The van der Waals surface area contributed by atoms with E-state index in [9.17, 15) is 4.79 Å². The number of anilines is 1. The maximum atomic E-state index is 12.3. The number of halogens is 1. The predicted molar refractivity (Wildman–Crippen MR) is 113 cm³/mol. The van der Waals surface area contributed by atoms with Crippen molar-refractivity contribution in [1.29, 1.82) is 0 Å². The van der Waals surface area contributed by atoms with Gasteiger partial charge in [0, 0.05) is 48.1 Å². The van der Waals surface area contributed by atoms with Gasteiger partial charge in [-0.05, 0) is 49.7 Å². The number of hydrogen-bond donors (Lipinski definition) is 0. The van der Waals surface area contributed by atoms with Crippen LogP contribution in [0.25, 0.3) is 0 Å². The lowest BCUT2D eigenvalue weighted by Gasteiger charge is -2.40. The Morgan fingerprint density at radius 3 is 2.59 bits per heavy atom. The van der Waals surface area contributed by atoms with E-state index in [1.54, 1.807) is 29.7 Å². The van der Waals surface area contributed by atoms with E-state index in [1.807, 2.05) is 33.8 Å². The molecule has 1 aliphatic rings. The van der Waals surface area contributed by atoms with Gasteiger partial charge in [-0.1, -0.05) is 0 Å². The highest BCUT2D eigenvalue weighted by atomic mass is 79.9. The van der Waals surface area contributed by atoms with Gasteiger partial charge < -0.3 is 19.3 Å². The molecule has 0 aromatic carbocycles. The maximum absolute atomic E-state index is 12.3. The summed E-state index contributed by atoms with van der Waals surface area (Å²) in [5.41, 5.74) is 0.498. The fourth-order valence-corrected chi connectivity index (χ4v) is 3.33. The summed E-state index contributed by atoms with van der Waals surface area (Å²) in [7, 11) is 0. The molecule has 3 rings (SSSR count). The first-order valence-corrected chi connectivity index (χ1v) is 10.3. The number of nitrogens with zero attached hydrogens (tertiary/aromatic N) is 5. The van der Waals surface area contributed by atoms with Crippen LogP contribution in [0.3, 0.4) is 0 Å². The number of aromatic nitrogens is 3. The molecule has 3 heterocycles. The van der Waals surface area contributed by atoms with E-state index in [-0.39, 0.29) is 12.1 Å². The zero-order chi connectivity index (χ0) is 21.0. The van der Waals surface area contributed by atoms with E-state index < -0.39 is 5.60 Å². The molecule has 0 radical (unpaired) electrons. The molecule has 1 unspecified atom stereocenters. The topological polar surface area (TPSA) is 80.7 Å². The predicted octanol–water partition coefficient (Wildman–Crippen LogP) is 3.66. The first-order chi connectivity index (χ1) is 13.7. The molecule has 29 heavy (non-hydrogen) atoms. The van der Waals surface area contributed by atoms with E-state index in [1.165, 1.54) is 0 Å². The van der Waals surface area contributed by atoms with Crippen LogP contribution < -0.4 is 9.64 Å². The lowest BCUT2D eigenvalue weighted by atomic mass is 10.2. The second kappa shape index (κ2) is 8.94. The quantitative estimate of drug-likeness (QED) is 0.683. The largest absolute Gasteiger partial charge is 0.486 e. The number of hydrogen-bond acceptors (Lipinski definition) is 7. The molecule has 0 saturated carbocycles. The van der Waals surface area contributed by atoms with Crippen molar-refractivity contribution in [3.63, 3.8) is 0 Å². The highest BCUT2D eigenvalue weighted by molar-refractivity contribution is 9.10. The summed E-state index contributed by atoms with van der Waals surface area (Å²) >= 11 is 3.45. The van der Waals surface area contributed by atoms with Crippen molar-refractivity contribution in [3.8, 4) is 5.75 Å². The van der Waals surface area contributed by atoms with Crippen LogP contribution in [0.15, 0.2) is 35.3 Å². The number of carbonyl (C=O) groups excluding carboxylic acids is 1. The summed E-state index contributed by atoms with van der Waals surface area (Å²) in [5, 5.41) is 0. The first kappa shape index (κ1) is 21.3. The molecule has 1 saturated heterocycles. The Kier molecular flexibility index (Phi) is 6.56. The molecule has 1 amide bonds. The minimum atomic E-state index is -0.498. The van der Waals surface area contributed by atoms with Gasteiger partial charge in [0.15, 0.2) is 5.75 Å². The van der Waals surface area contributed by atoms with Gasteiger partial charge in [0.25, 0.3) is 0 Å². The smallest absolute Gasteiger partial charge is 0.410 e. The number of ether oxygens (including phenoxy) is 2. The average molecular weight is 464 g/mol. The number of rotatable bonds is 4. The van der Waals surface area contributed by atoms with Crippen molar-refractivity contribution in [1.82, 2.24) is 19.9 Å². The van der Waals surface area contributed by atoms with Crippen LogP contribution in [-0.2, 0) is 11.3 Å². The van der Waals surface area contributed by atoms with Gasteiger partial charge in [-0.25, -0.2) is 14.8 Å². The van der Waals surface area contributed by atoms with Gasteiger partial charge in [-0.15, -0.1) is 0 Å².